The summed E-state index contributed by atoms with van der Waals surface area (Å²) in [6, 6.07) is 0. The van der Waals surface area contributed by atoms with Crippen LogP contribution < -0.4 is 0 Å². The smallest absolute Gasteiger partial charge is 0.0934 e. The average Bonchev–Trinajstić information content (AvgIpc) is 2.91. The second kappa shape index (κ2) is 19.4. The third kappa shape index (κ3) is 13.4. The van der Waals surface area contributed by atoms with Crippen molar-refractivity contribution in [1.29, 1.82) is 0 Å². The van der Waals surface area contributed by atoms with Crippen LogP contribution in [-0.4, -0.2) is 6.67 Å². The molecule has 0 aromatic carbocycles. The van der Waals surface area contributed by atoms with Gasteiger partial charge >= 0.3 is 0 Å². The highest BCUT2D eigenvalue weighted by Gasteiger charge is 2.08. The second-order valence-corrected chi connectivity index (χ2v) is 5.84. The molecule has 0 spiro atoms. The van der Waals surface area contributed by atoms with Gasteiger partial charge in [0, 0.05) is 6.42 Å². The maximum atomic E-state index is 12.3. The summed E-state index contributed by atoms with van der Waals surface area (Å²) in [6.45, 7) is 19.0. The lowest BCUT2D eigenvalue weighted by Gasteiger charge is -2.16. The minimum Gasteiger partial charge on any atom is -0.251 e. The molecule has 0 N–H and O–H groups in total. The van der Waals surface area contributed by atoms with Gasteiger partial charge in [-0.1, -0.05) is 73.6 Å². The highest BCUT2D eigenvalue weighted by Crippen LogP contribution is 2.27. The molecular formula is C25H39F. The Kier molecular flexibility index (Phi) is 19.7. The van der Waals surface area contributed by atoms with Crippen molar-refractivity contribution in [3.8, 4) is 0 Å². The van der Waals surface area contributed by atoms with Gasteiger partial charge in [-0.3, -0.25) is 4.39 Å². The number of hydrogen-bond acceptors (Lipinski definition) is 0. The minimum absolute atomic E-state index is 0.271. The molecule has 0 nitrogen and oxygen atoms in total. The Morgan fingerprint density at radius 3 is 2.19 bits per heavy atom. The SMILES string of the molecule is C=C.C=C1CCC(=CCC2=CC=C(CCF)C=CC2)CC1.C=CC.CC. The number of rotatable bonds is 4. The van der Waals surface area contributed by atoms with Crippen LogP contribution in [0.5, 0.6) is 0 Å². The third-order valence-electron chi connectivity index (χ3n) is 3.88. The molecule has 146 valence electrons. The van der Waals surface area contributed by atoms with E-state index in [2.05, 4.69) is 56.7 Å². The summed E-state index contributed by atoms with van der Waals surface area (Å²) >= 11 is 0. The topological polar surface area (TPSA) is 0 Å². The lowest BCUT2D eigenvalue weighted by molar-refractivity contribution is 0.496. The first-order valence-electron chi connectivity index (χ1n) is 9.72. The van der Waals surface area contributed by atoms with Crippen LogP contribution >= 0.6 is 0 Å². The monoisotopic (exact) mass is 358 g/mol. The van der Waals surface area contributed by atoms with Gasteiger partial charge in [0.05, 0.1) is 6.67 Å². The van der Waals surface area contributed by atoms with Gasteiger partial charge in [-0.05, 0) is 51.0 Å². The van der Waals surface area contributed by atoms with E-state index in [0.29, 0.717) is 6.42 Å². The van der Waals surface area contributed by atoms with Crippen molar-refractivity contribution in [1.82, 2.24) is 0 Å². The lowest BCUT2D eigenvalue weighted by Crippen LogP contribution is -1.96. The molecule has 0 heterocycles. The molecule has 1 fully saturated rings. The molecule has 0 aromatic rings. The summed E-state index contributed by atoms with van der Waals surface area (Å²) in [7, 11) is 0. The fraction of sp³-hybridized carbons (Fsp3) is 0.440. The van der Waals surface area contributed by atoms with Crippen LogP contribution in [0.4, 0.5) is 4.39 Å². The van der Waals surface area contributed by atoms with Crippen molar-refractivity contribution >= 4 is 0 Å². The number of allylic oxidation sites excluding steroid dienone is 10. The maximum absolute atomic E-state index is 12.3. The van der Waals surface area contributed by atoms with E-state index in [-0.39, 0.29) is 6.67 Å². The van der Waals surface area contributed by atoms with Crippen molar-refractivity contribution in [3.63, 3.8) is 0 Å². The van der Waals surface area contributed by atoms with Crippen LogP contribution in [0.25, 0.3) is 0 Å². The Labute approximate surface area is 162 Å². The van der Waals surface area contributed by atoms with Gasteiger partial charge in [0.15, 0.2) is 0 Å². The molecule has 0 saturated heterocycles. The Bertz CT molecular complexity index is 488. The van der Waals surface area contributed by atoms with Gasteiger partial charge < -0.3 is 0 Å². The zero-order valence-corrected chi connectivity index (χ0v) is 17.3. The molecule has 0 amide bonds. The van der Waals surface area contributed by atoms with E-state index in [1.54, 1.807) is 11.6 Å². The predicted molar refractivity (Wildman–Crippen MR) is 119 cm³/mol. The Hall–Kier alpha value is -1.89. The first kappa shape index (κ1) is 26.3. The quantitative estimate of drug-likeness (QED) is 0.441. The molecule has 26 heavy (non-hydrogen) atoms. The van der Waals surface area contributed by atoms with E-state index in [9.17, 15) is 4.39 Å². The van der Waals surface area contributed by atoms with Gasteiger partial charge in [-0.2, -0.15) is 0 Å². The number of alkyl halides is 1. The molecule has 0 radical (unpaired) electrons. The molecule has 1 heteroatoms. The van der Waals surface area contributed by atoms with Crippen molar-refractivity contribution in [2.75, 3.05) is 6.67 Å². The fourth-order valence-electron chi connectivity index (χ4n) is 2.54. The van der Waals surface area contributed by atoms with Crippen molar-refractivity contribution in [2.24, 2.45) is 0 Å². The van der Waals surface area contributed by atoms with E-state index < -0.39 is 0 Å². The normalized spacial score (nSPS) is 15.4. The average molecular weight is 359 g/mol. The first-order valence-corrected chi connectivity index (χ1v) is 9.72. The van der Waals surface area contributed by atoms with Crippen LogP contribution in [0.2, 0.25) is 0 Å². The minimum atomic E-state index is -0.271. The highest BCUT2D eigenvalue weighted by molar-refractivity contribution is 5.32. The largest absolute Gasteiger partial charge is 0.251 e. The fourth-order valence-corrected chi connectivity index (χ4v) is 2.54. The standard InChI is InChI=1S/C18H23F.C3H6.C2H6.C2H4/c1-15-5-7-18(8-6-15)12-10-16-3-2-4-17(11-9-16)13-14-19;1-3-2;2*1-2/h2,4,9,11-12H,1,3,5-8,10,13-14H2;3H,1H2,2H3;1-2H3;1-2H2. The van der Waals surface area contributed by atoms with Crippen LogP contribution in [0.1, 0.15) is 65.7 Å². The summed E-state index contributed by atoms with van der Waals surface area (Å²) in [5, 5.41) is 0. The van der Waals surface area contributed by atoms with Gasteiger partial charge in [0.1, 0.15) is 0 Å². The van der Waals surface area contributed by atoms with Gasteiger partial charge in [-0.15, -0.1) is 19.7 Å². The molecule has 0 aliphatic heterocycles. The molecule has 0 aromatic heterocycles. The number of halogens is 1. The Balaban J connectivity index is 0. The molecule has 0 bridgehead atoms. The molecule has 2 rings (SSSR count). The second-order valence-electron chi connectivity index (χ2n) is 5.84. The highest BCUT2D eigenvalue weighted by atomic mass is 19.1. The summed E-state index contributed by atoms with van der Waals surface area (Å²) in [4.78, 5) is 0. The molecule has 1 saturated carbocycles. The molecule has 2 aliphatic rings. The van der Waals surface area contributed by atoms with Gasteiger partial charge in [0.25, 0.3) is 0 Å². The molecule has 0 unspecified atom stereocenters. The van der Waals surface area contributed by atoms with Crippen molar-refractivity contribution in [3.05, 3.63) is 85.1 Å². The van der Waals surface area contributed by atoms with E-state index in [1.807, 2.05) is 20.8 Å². The summed E-state index contributed by atoms with van der Waals surface area (Å²) in [5.74, 6) is 0. The van der Waals surface area contributed by atoms with Crippen LogP contribution in [0.3, 0.4) is 0 Å². The van der Waals surface area contributed by atoms with Crippen LogP contribution in [-0.2, 0) is 0 Å². The predicted octanol–water partition coefficient (Wildman–Crippen LogP) is 8.63. The zero-order valence-electron chi connectivity index (χ0n) is 17.3. The number of hydrogen-bond donors (Lipinski definition) is 0. The lowest BCUT2D eigenvalue weighted by atomic mass is 9.90. The molecule has 0 atom stereocenters. The Morgan fingerprint density at radius 2 is 1.65 bits per heavy atom. The summed E-state index contributed by atoms with van der Waals surface area (Å²) < 4.78 is 12.3. The van der Waals surface area contributed by atoms with Crippen LogP contribution in [0.15, 0.2) is 85.1 Å². The van der Waals surface area contributed by atoms with Crippen LogP contribution in [0, 0.1) is 0 Å². The van der Waals surface area contributed by atoms with E-state index in [4.69, 9.17) is 0 Å². The molecular weight excluding hydrogens is 319 g/mol. The maximum Gasteiger partial charge on any atom is 0.0934 e. The first-order chi connectivity index (χ1) is 12.7. The van der Waals surface area contributed by atoms with Gasteiger partial charge in [-0.25, -0.2) is 0 Å². The third-order valence-corrected chi connectivity index (χ3v) is 3.88. The summed E-state index contributed by atoms with van der Waals surface area (Å²) in [5.41, 5.74) is 5.49. The van der Waals surface area contributed by atoms with Crippen molar-refractivity contribution in [2.45, 2.75) is 65.7 Å². The Morgan fingerprint density at radius 1 is 1.08 bits per heavy atom. The summed E-state index contributed by atoms with van der Waals surface area (Å²) in [6.07, 6.45) is 19.8. The van der Waals surface area contributed by atoms with E-state index in [1.165, 1.54) is 24.0 Å². The van der Waals surface area contributed by atoms with Crippen molar-refractivity contribution < 1.29 is 4.39 Å². The van der Waals surface area contributed by atoms with E-state index >= 15 is 0 Å². The van der Waals surface area contributed by atoms with E-state index in [0.717, 1.165) is 31.3 Å². The van der Waals surface area contributed by atoms with Gasteiger partial charge in [0.2, 0.25) is 0 Å². The molecule has 2 aliphatic carbocycles. The zero-order chi connectivity index (χ0) is 20.2.